The molecule has 0 saturated heterocycles. The third kappa shape index (κ3) is 3.67. The molecule has 0 fully saturated rings. The Balaban J connectivity index is 0.00000117. The molecule has 5 N–H and O–H groups in total. The zero-order valence-electron chi connectivity index (χ0n) is 14.8. The average Bonchev–Trinajstić information content (AvgIpc) is 3.05. The molecule has 0 saturated carbocycles. The zero-order valence-corrected chi connectivity index (χ0v) is 14.8. The van der Waals surface area contributed by atoms with Crippen molar-refractivity contribution in [1.29, 1.82) is 5.41 Å². The van der Waals surface area contributed by atoms with E-state index in [1.165, 1.54) is 12.5 Å². The molecule has 0 radical (unpaired) electrons. The van der Waals surface area contributed by atoms with Crippen LogP contribution in [0.1, 0.15) is 35.5 Å². The van der Waals surface area contributed by atoms with Gasteiger partial charge in [0.15, 0.2) is 6.29 Å². The van der Waals surface area contributed by atoms with Gasteiger partial charge in [0, 0.05) is 24.9 Å². The third-order valence-electron chi connectivity index (χ3n) is 3.50. The van der Waals surface area contributed by atoms with Gasteiger partial charge in [-0.15, -0.1) is 0 Å². The molecular formula is C17H21N7O2. The summed E-state index contributed by atoms with van der Waals surface area (Å²) in [6.45, 7) is 3.95. The molecule has 3 aromatic heterocycles. The number of aromatic nitrogens is 4. The Kier molecular flexibility index (Phi) is 5.97. The van der Waals surface area contributed by atoms with Crippen LogP contribution in [0.5, 0.6) is 0 Å². The molecule has 0 aliphatic rings. The summed E-state index contributed by atoms with van der Waals surface area (Å²) in [7, 11) is 1.00. The number of imidazole rings is 1. The number of aliphatic hydroxyl groups is 1. The van der Waals surface area contributed by atoms with Crippen LogP contribution in [0.2, 0.25) is 0 Å². The molecule has 0 unspecified atom stereocenters. The van der Waals surface area contributed by atoms with E-state index in [1.807, 2.05) is 13.8 Å². The molecule has 0 aliphatic carbocycles. The fraction of sp³-hybridized carbons (Fsp3) is 0.235. The van der Waals surface area contributed by atoms with Gasteiger partial charge >= 0.3 is 0 Å². The molecule has 0 bridgehead atoms. The van der Waals surface area contributed by atoms with Crippen LogP contribution < -0.4 is 11.1 Å². The maximum absolute atomic E-state index is 11.0. The van der Waals surface area contributed by atoms with Crippen LogP contribution in [0.3, 0.4) is 0 Å². The topological polar surface area (TPSA) is 142 Å². The number of rotatable bonds is 5. The molecule has 3 heterocycles. The number of carbonyl (C=O) groups excluding carboxylic acids is 1. The van der Waals surface area contributed by atoms with Crippen molar-refractivity contribution in [2.75, 3.05) is 18.2 Å². The number of nitrogens with zero attached hydrogens (tertiary/aromatic N) is 4. The van der Waals surface area contributed by atoms with E-state index >= 15 is 0 Å². The lowest BCUT2D eigenvalue weighted by atomic mass is 10.0. The van der Waals surface area contributed by atoms with Gasteiger partial charge < -0.3 is 16.2 Å². The Bertz CT molecular complexity index is 934. The summed E-state index contributed by atoms with van der Waals surface area (Å²) in [5.41, 5.74) is 8.24. The third-order valence-corrected chi connectivity index (χ3v) is 3.50. The quantitative estimate of drug-likeness (QED) is 0.400. The first kappa shape index (κ1) is 19.0. The largest absolute Gasteiger partial charge is 0.400 e. The maximum atomic E-state index is 11.0. The fourth-order valence-electron chi connectivity index (χ4n) is 2.42. The highest BCUT2D eigenvalue weighted by molar-refractivity contribution is 6.16. The van der Waals surface area contributed by atoms with Crippen molar-refractivity contribution in [2.45, 2.75) is 19.9 Å². The first-order valence-electron chi connectivity index (χ1n) is 7.84. The van der Waals surface area contributed by atoms with Gasteiger partial charge in [-0.1, -0.05) is 0 Å². The minimum atomic E-state index is 0.135. The van der Waals surface area contributed by atoms with Crippen LogP contribution in [0.15, 0.2) is 30.9 Å². The summed E-state index contributed by atoms with van der Waals surface area (Å²) >= 11 is 0. The van der Waals surface area contributed by atoms with Crippen molar-refractivity contribution in [1.82, 2.24) is 19.4 Å². The molecule has 136 valence electrons. The number of pyridine rings is 1. The highest BCUT2D eigenvalue weighted by Gasteiger charge is 2.17. The van der Waals surface area contributed by atoms with Crippen LogP contribution in [0.4, 0.5) is 11.6 Å². The van der Waals surface area contributed by atoms with E-state index in [0.29, 0.717) is 28.3 Å². The van der Waals surface area contributed by atoms with Crippen molar-refractivity contribution in [3.8, 4) is 0 Å². The Hall–Kier alpha value is -3.33. The van der Waals surface area contributed by atoms with Crippen molar-refractivity contribution < 1.29 is 9.90 Å². The number of aldehydes is 1. The predicted molar refractivity (Wildman–Crippen MR) is 99.9 cm³/mol. The minimum absolute atomic E-state index is 0.135. The van der Waals surface area contributed by atoms with E-state index in [2.05, 4.69) is 20.3 Å². The highest BCUT2D eigenvalue weighted by atomic mass is 16.2. The normalized spacial score (nSPS) is 10.3. The number of fused-ring (bicyclic) bond motifs is 1. The number of aliphatic hydroxyl groups excluding tert-OH is 1. The predicted octanol–water partition coefficient (Wildman–Crippen LogP) is 1.36. The number of hydrogen-bond donors (Lipinski definition) is 4. The SMILES string of the molecule is CC(C)Nc1ncnc(N)c1C(=N)c1ccn2c(C=O)cnc2c1.CO. The van der Waals surface area contributed by atoms with Crippen molar-refractivity contribution >= 4 is 29.3 Å². The van der Waals surface area contributed by atoms with Gasteiger partial charge in [0.2, 0.25) is 0 Å². The van der Waals surface area contributed by atoms with Crippen molar-refractivity contribution in [3.63, 3.8) is 0 Å². The summed E-state index contributed by atoms with van der Waals surface area (Å²) in [6.07, 6.45) is 5.29. The first-order chi connectivity index (χ1) is 12.5. The van der Waals surface area contributed by atoms with Crippen molar-refractivity contribution in [2.24, 2.45) is 0 Å². The van der Waals surface area contributed by atoms with Crippen LogP contribution >= 0.6 is 0 Å². The molecule has 9 heteroatoms. The maximum Gasteiger partial charge on any atom is 0.168 e. The van der Waals surface area contributed by atoms with Gasteiger partial charge in [0.1, 0.15) is 29.3 Å². The number of hydrogen-bond acceptors (Lipinski definition) is 8. The molecule has 0 aliphatic heterocycles. The molecule has 0 amide bonds. The summed E-state index contributed by atoms with van der Waals surface area (Å²) < 4.78 is 1.65. The average molecular weight is 355 g/mol. The number of nitrogens with one attached hydrogen (secondary N) is 2. The lowest BCUT2D eigenvalue weighted by Gasteiger charge is -2.15. The number of nitrogen functional groups attached to an aromatic ring is 1. The van der Waals surface area contributed by atoms with Gasteiger partial charge in [-0.05, 0) is 26.0 Å². The Labute approximate surface area is 150 Å². The smallest absolute Gasteiger partial charge is 0.168 e. The summed E-state index contributed by atoms with van der Waals surface area (Å²) in [4.78, 5) is 23.3. The minimum Gasteiger partial charge on any atom is -0.400 e. The van der Waals surface area contributed by atoms with E-state index in [9.17, 15) is 4.79 Å². The van der Waals surface area contributed by atoms with Gasteiger partial charge in [-0.25, -0.2) is 15.0 Å². The lowest BCUT2D eigenvalue weighted by molar-refractivity contribution is 0.111. The van der Waals surface area contributed by atoms with Crippen molar-refractivity contribution in [3.05, 3.63) is 47.7 Å². The van der Waals surface area contributed by atoms with Crippen LogP contribution in [-0.4, -0.2) is 49.6 Å². The monoisotopic (exact) mass is 355 g/mol. The second-order valence-corrected chi connectivity index (χ2v) is 5.60. The second-order valence-electron chi connectivity index (χ2n) is 5.60. The summed E-state index contributed by atoms with van der Waals surface area (Å²) in [6, 6.07) is 3.59. The van der Waals surface area contributed by atoms with Crippen LogP contribution in [0, 0.1) is 5.41 Å². The van der Waals surface area contributed by atoms with Crippen LogP contribution in [-0.2, 0) is 0 Å². The molecule has 9 nitrogen and oxygen atoms in total. The van der Waals surface area contributed by atoms with Gasteiger partial charge in [-0.2, -0.15) is 0 Å². The van der Waals surface area contributed by atoms with E-state index in [4.69, 9.17) is 16.2 Å². The molecule has 26 heavy (non-hydrogen) atoms. The molecule has 3 aromatic rings. The summed E-state index contributed by atoms with van der Waals surface area (Å²) in [5, 5.41) is 18.7. The molecular weight excluding hydrogens is 334 g/mol. The number of nitrogens with two attached hydrogens (primary N) is 1. The van der Waals surface area contributed by atoms with E-state index in [-0.39, 0.29) is 17.6 Å². The number of anilines is 2. The van der Waals surface area contributed by atoms with Crippen LogP contribution in [0.25, 0.3) is 5.65 Å². The molecule has 0 spiro atoms. The van der Waals surface area contributed by atoms with Gasteiger partial charge in [0.05, 0.1) is 17.5 Å². The molecule has 3 rings (SSSR count). The standard InChI is InChI=1S/C16H17N7O.CH4O/c1-9(2)22-16-13(15(18)20-8-21-16)14(17)10-3-4-23-11(7-24)6-19-12(23)5-10;1-2/h3-9,17H,1-2H3,(H3,18,20,21,22);2H,1H3. The lowest BCUT2D eigenvalue weighted by Crippen LogP contribution is -2.18. The summed E-state index contributed by atoms with van der Waals surface area (Å²) in [5.74, 6) is 0.745. The Morgan fingerprint density at radius 3 is 2.73 bits per heavy atom. The highest BCUT2D eigenvalue weighted by Crippen LogP contribution is 2.22. The zero-order chi connectivity index (χ0) is 19.3. The first-order valence-corrected chi connectivity index (χ1v) is 7.84. The van der Waals surface area contributed by atoms with Gasteiger partial charge in [-0.3, -0.25) is 14.6 Å². The Morgan fingerprint density at radius 2 is 2.08 bits per heavy atom. The van der Waals surface area contributed by atoms with E-state index in [1.54, 1.807) is 22.7 Å². The van der Waals surface area contributed by atoms with Gasteiger partial charge in [0.25, 0.3) is 0 Å². The number of carbonyl (C=O) groups is 1. The van der Waals surface area contributed by atoms with E-state index in [0.717, 1.165) is 13.4 Å². The second kappa shape index (κ2) is 8.17. The van der Waals surface area contributed by atoms with E-state index < -0.39 is 0 Å². The fourth-order valence-corrected chi connectivity index (χ4v) is 2.42. The Morgan fingerprint density at radius 1 is 1.35 bits per heavy atom. The molecule has 0 atom stereocenters. The molecule has 0 aromatic carbocycles.